The molecule has 1 aromatic carbocycles. The van der Waals surface area contributed by atoms with E-state index in [1.165, 1.54) is 13.2 Å². The molecule has 0 aliphatic heterocycles. The Labute approximate surface area is 93.4 Å². The lowest BCUT2D eigenvalue weighted by molar-refractivity contribution is 0.0435. The zero-order chi connectivity index (χ0) is 11.8. The molecule has 2 N–H and O–H groups in total. The van der Waals surface area contributed by atoms with Gasteiger partial charge in [0.25, 0.3) is 0 Å². The zero-order valence-electron chi connectivity index (χ0n) is 9.17. The molecule has 0 radical (unpaired) electrons. The molecule has 2 rings (SSSR count). The van der Waals surface area contributed by atoms with Crippen LogP contribution >= 0.6 is 0 Å². The largest absolute Gasteiger partial charge is 0.494 e. The van der Waals surface area contributed by atoms with Gasteiger partial charge in [0, 0.05) is 12.5 Å². The third kappa shape index (κ3) is 2.02. The number of rotatable bonds is 3. The summed E-state index contributed by atoms with van der Waals surface area (Å²) in [6.07, 6.45) is 0.692. The van der Waals surface area contributed by atoms with E-state index < -0.39 is 11.5 Å². The van der Waals surface area contributed by atoms with Crippen molar-refractivity contribution in [3.8, 4) is 5.75 Å². The summed E-state index contributed by atoms with van der Waals surface area (Å²) in [7, 11) is 1.40. The van der Waals surface area contributed by atoms with Crippen LogP contribution in [0, 0.1) is 5.82 Å². The topological polar surface area (TPSA) is 35.2 Å². The van der Waals surface area contributed by atoms with Crippen molar-refractivity contribution in [2.45, 2.75) is 31.0 Å². The average Bonchev–Trinajstić information content (AvgIpc) is 2.19. The Morgan fingerprint density at radius 1 is 1.50 bits per heavy atom. The number of benzene rings is 1. The van der Waals surface area contributed by atoms with Crippen LogP contribution in [0.15, 0.2) is 18.2 Å². The molecule has 0 atom stereocenters. The SMILES string of the molecule is COc1cccc(CC2(F)CC(N)C2)c1F. The normalized spacial score (nSPS) is 28.6. The Morgan fingerprint density at radius 2 is 2.19 bits per heavy atom. The minimum atomic E-state index is -1.34. The van der Waals surface area contributed by atoms with Crippen molar-refractivity contribution in [1.29, 1.82) is 0 Å². The summed E-state index contributed by atoms with van der Waals surface area (Å²) in [6.45, 7) is 0. The second-order valence-corrected chi connectivity index (χ2v) is 4.43. The molecule has 0 heterocycles. The van der Waals surface area contributed by atoms with E-state index in [1.54, 1.807) is 12.1 Å². The van der Waals surface area contributed by atoms with Crippen molar-refractivity contribution >= 4 is 0 Å². The first-order chi connectivity index (χ1) is 7.54. The quantitative estimate of drug-likeness (QED) is 0.859. The van der Waals surface area contributed by atoms with Crippen molar-refractivity contribution in [2.75, 3.05) is 7.11 Å². The van der Waals surface area contributed by atoms with Gasteiger partial charge in [-0.25, -0.2) is 8.78 Å². The van der Waals surface area contributed by atoms with Crippen LogP contribution in [-0.4, -0.2) is 18.8 Å². The summed E-state index contributed by atoms with van der Waals surface area (Å²) in [4.78, 5) is 0. The van der Waals surface area contributed by atoms with E-state index >= 15 is 0 Å². The molecule has 0 bridgehead atoms. The van der Waals surface area contributed by atoms with Gasteiger partial charge in [-0.2, -0.15) is 0 Å². The van der Waals surface area contributed by atoms with E-state index in [0.717, 1.165) is 0 Å². The van der Waals surface area contributed by atoms with E-state index in [9.17, 15) is 8.78 Å². The second-order valence-electron chi connectivity index (χ2n) is 4.43. The van der Waals surface area contributed by atoms with Gasteiger partial charge in [-0.15, -0.1) is 0 Å². The Morgan fingerprint density at radius 3 is 2.75 bits per heavy atom. The summed E-state index contributed by atoms with van der Waals surface area (Å²) >= 11 is 0. The lowest BCUT2D eigenvalue weighted by atomic mass is 9.74. The van der Waals surface area contributed by atoms with Crippen molar-refractivity contribution in [2.24, 2.45) is 5.73 Å². The minimum absolute atomic E-state index is 0.0731. The summed E-state index contributed by atoms with van der Waals surface area (Å²) in [5, 5.41) is 0. The zero-order valence-corrected chi connectivity index (χ0v) is 9.17. The maximum Gasteiger partial charge on any atom is 0.168 e. The van der Waals surface area contributed by atoms with Crippen LogP contribution in [0.2, 0.25) is 0 Å². The molecule has 0 spiro atoms. The molecule has 4 heteroatoms. The fraction of sp³-hybridized carbons (Fsp3) is 0.500. The summed E-state index contributed by atoms with van der Waals surface area (Å²) < 4.78 is 32.6. The molecule has 1 aliphatic carbocycles. The molecule has 1 fully saturated rings. The van der Waals surface area contributed by atoms with Crippen LogP contribution in [0.3, 0.4) is 0 Å². The van der Waals surface area contributed by atoms with E-state index in [-0.39, 0.29) is 18.2 Å². The molecular formula is C12H15F2NO. The monoisotopic (exact) mass is 227 g/mol. The van der Waals surface area contributed by atoms with E-state index in [0.29, 0.717) is 18.4 Å². The van der Waals surface area contributed by atoms with Crippen LogP contribution in [-0.2, 0) is 6.42 Å². The molecule has 88 valence electrons. The third-order valence-electron chi connectivity index (χ3n) is 3.03. The van der Waals surface area contributed by atoms with E-state index in [1.807, 2.05) is 0 Å². The van der Waals surface area contributed by atoms with Gasteiger partial charge in [0.15, 0.2) is 11.6 Å². The highest BCUT2D eigenvalue weighted by molar-refractivity contribution is 5.32. The average molecular weight is 227 g/mol. The van der Waals surface area contributed by atoms with E-state index in [2.05, 4.69) is 0 Å². The van der Waals surface area contributed by atoms with E-state index in [4.69, 9.17) is 10.5 Å². The van der Waals surface area contributed by atoms with Crippen LogP contribution < -0.4 is 10.5 Å². The summed E-state index contributed by atoms with van der Waals surface area (Å²) in [5.74, 6) is -0.313. The molecule has 1 aromatic rings. The van der Waals surface area contributed by atoms with Crippen molar-refractivity contribution in [3.63, 3.8) is 0 Å². The Balaban J connectivity index is 2.16. The van der Waals surface area contributed by atoms with Crippen molar-refractivity contribution in [3.05, 3.63) is 29.6 Å². The highest BCUT2D eigenvalue weighted by Gasteiger charge is 2.43. The number of ether oxygens (including phenoxy) is 1. The van der Waals surface area contributed by atoms with Crippen molar-refractivity contribution < 1.29 is 13.5 Å². The minimum Gasteiger partial charge on any atom is -0.494 e. The molecular weight excluding hydrogens is 212 g/mol. The molecule has 1 aliphatic rings. The number of alkyl halides is 1. The fourth-order valence-electron chi connectivity index (χ4n) is 2.22. The maximum atomic E-state index is 14.0. The number of hydrogen-bond acceptors (Lipinski definition) is 2. The highest BCUT2D eigenvalue weighted by atomic mass is 19.1. The Hall–Kier alpha value is -1.16. The number of nitrogens with two attached hydrogens (primary N) is 1. The standard InChI is InChI=1S/C12H15F2NO/c1-16-10-4-2-3-8(11(10)13)5-12(14)6-9(15)7-12/h2-4,9H,5-7,15H2,1H3. The Kier molecular flexibility index (Phi) is 2.84. The van der Waals surface area contributed by atoms with Gasteiger partial charge in [0.05, 0.1) is 7.11 Å². The smallest absolute Gasteiger partial charge is 0.168 e. The van der Waals surface area contributed by atoms with Gasteiger partial charge in [0.2, 0.25) is 0 Å². The molecule has 0 amide bonds. The molecule has 2 nitrogen and oxygen atoms in total. The van der Waals surface area contributed by atoms with Gasteiger partial charge in [-0.05, 0) is 24.5 Å². The lowest BCUT2D eigenvalue weighted by Crippen LogP contribution is -2.49. The van der Waals surface area contributed by atoms with Gasteiger partial charge >= 0.3 is 0 Å². The summed E-state index contributed by atoms with van der Waals surface area (Å²) in [5.41, 5.74) is 4.56. The molecule has 0 saturated heterocycles. The van der Waals surface area contributed by atoms with Gasteiger partial charge in [-0.1, -0.05) is 12.1 Å². The number of halogens is 2. The van der Waals surface area contributed by atoms with Crippen LogP contribution in [0.4, 0.5) is 8.78 Å². The maximum absolute atomic E-state index is 14.0. The lowest BCUT2D eigenvalue weighted by Gasteiger charge is -2.39. The van der Waals surface area contributed by atoms with Crippen molar-refractivity contribution in [1.82, 2.24) is 0 Å². The molecule has 1 saturated carbocycles. The molecule has 0 unspecified atom stereocenters. The number of methoxy groups -OCH3 is 1. The molecule has 0 aromatic heterocycles. The molecule has 16 heavy (non-hydrogen) atoms. The predicted molar refractivity (Wildman–Crippen MR) is 57.7 cm³/mol. The first kappa shape index (κ1) is 11.3. The third-order valence-corrected chi connectivity index (χ3v) is 3.03. The first-order valence-corrected chi connectivity index (χ1v) is 5.30. The number of hydrogen-bond donors (Lipinski definition) is 1. The Bertz CT molecular complexity index is 389. The highest BCUT2D eigenvalue weighted by Crippen LogP contribution is 2.39. The van der Waals surface area contributed by atoms with Crippen LogP contribution in [0.25, 0.3) is 0 Å². The van der Waals surface area contributed by atoms with Gasteiger partial charge < -0.3 is 10.5 Å². The van der Waals surface area contributed by atoms with Crippen LogP contribution in [0.1, 0.15) is 18.4 Å². The predicted octanol–water partition coefficient (Wildman–Crippen LogP) is 2.21. The van der Waals surface area contributed by atoms with Gasteiger partial charge in [0.1, 0.15) is 5.67 Å². The van der Waals surface area contributed by atoms with Gasteiger partial charge in [-0.3, -0.25) is 0 Å². The summed E-state index contributed by atoms with van der Waals surface area (Å²) in [6, 6.07) is 4.69. The van der Waals surface area contributed by atoms with Crippen LogP contribution in [0.5, 0.6) is 5.75 Å². The first-order valence-electron chi connectivity index (χ1n) is 5.30. The second kappa shape index (κ2) is 4.01. The fourth-order valence-corrected chi connectivity index (χ4v) is 2.22.